The fourth-order valence-corrected chi connectivity index (χ4v) is 3.18. The molecule has 0 aromatic carbocycles. The maximum atomic E-state index is 12.2. The van der Waals surface area contributed by atoms with Crippen LogP contribution in [0.2, 0.25) is 0 Å². The van der Waals surface area contributed by atoms with Crippen LogP contribution in [0.1, 0.15) is 47.0 Å². The predicted molar refractivity (Wildman–Crippen MR) is 63.1 cm³/mol. The Morgan fingerprint density at radius 3 is 2.44 bits per heavy atom. The second-order valence-electron chi connectivity index (χ2n) is 6.59. The Hall–Kier alpha value is -0.570. The lowest BCUT2D eigenvalue weighted by molar-refractivity contribution is -0.190. The lowest BCUT2D eigenvalue weighted by atomic mass is 9.49. The third kappa shape index (κ3) is 1.86. The Kier molecular flexibility index (Phi) is 2.57. The van der Waals surface area contributed by atoms with Gasteiger partial charge in [0.05, 0.1) is 5.41 Å². The molecule has 16 heavy (non-hydrogen) atoms. The van der Waals surface area contributed by atoms with Crippen LogP contribution in [-0.4, -0.2) is 24.7 Å². The van der Waals surface area contributed by atoms with Gasteiger partial charge in [0.2, 0.25) is 0 Å². The highest BCUT2D eigenvalue weighted by Crippen LogP contribution is 2.59. The molecule has 0 aromatic heterocycles. The van der Waals surface area contributed by atoms with Gasteiger partial charge in [0, 0.05) is 13.1 Å². The lowest BCUT2D eigenvalue weighted by Gasteiger charge is -2.59. The number of rotatable bonds is 2. The molecule has 2 aliphatic heterocycles. The molecule has 3 rings (SSSR count). The molecule has 0 amide bonds. The molecule has 0 spiro atoms. The van der Waals surface area contributed by atoms with E-state index in [2.05, 4.69) is 12.2 Å². The van der Waals surface area contributed by atoms with Gasteiger partial charge in [0.1, 0.15) is 5.60 Å². The second-order valence-corrected chi connectivity index (χ2v) is 6.59. The topological polar surface area (TPSA) is 38.3 Å². The zero-order valence-corrected chi connectivity index (χ0v) is 10.9. The zero-order chi connectivity index (χ0) is 12.0. The quantitative estimate of drug-likeness (QED) is 0.731. The highest BCUT2D eigenvalue weighted by molar-refractivity contribution is 5.79. The summed E-state index contributed by atoms with van der Waals surface area (Å²) in [5.74, 6) is -0.00345. The molecule has 1 saturated carbocycles. The van der Waals surface area contributed by atoms with Crippen molar-refractivity contribution in [1.82, 2.24) is 5.32 Å². The molecule has 0 unspecified atom stereocenters. The summed E-state index contributed by atoms with van der Waals surface area (Å²) >= 11 is 0. The summed E-state index contributed by atoms with van der Waals surface area (Å²) < 4.78 is 5.53. The van der Waals surface area contributed by atoms with Crippen LogP contribution in [0.15, 0.2) is 0 Å². The SMILES string of the molecule is CCC12CNCC(C(=O)OC(C)(C)C)(C1)C2. The van der Waals surface area contributed by atoms with E-state index in [-0.39, 0.29) is 17.0 Å². The number of piperidine rings is 2. The van der Waals surface area contributed by atoms with Crippen molar-refractivity contribution in [3.05, 3.63) is 0 Å². The van der Waals surface area contributed by atoms with Crippen LogP contribution in [-0.2, 0) is 9.53 Å². The first-order valence-corrected chi connectivity index (χ1v) is 6.25. The van der Waals surface area contributed by atoms with E-state index >= 15 is 0 Å². The van der Waals surface area contributed by atoms with Crippen LogP contribution in [0.4, 0.5) is 0 Å². The first-order chi connectivity index (χ1) is 7.31. The molecule has 1 aliphatic carbocycles. The van der Waals surface area contributed by atoms with Crippen LogP contribution in [0, 0.1) is 10.8 Å². The molecule has 3 aliphatic rings. The average Bonchev–Trinajstić information content (AvgIpc) is 2.14. The van der Waals surface area contributed by atoms with Crippen LogP contribution < -0.4 is 5.32 Å². The molecule has 1 N–H and O–H groups in total. The third-order valence-corrected chi connectivity index (χ3v) is 3.97. The summed E-state index contributed by atoms with van der Waals surface area (Å²) in [6.07, 6.45) is 3.18. The molecule has 0 radical (unpaired) electrons. The van der Waals surface area contributed by atoms with Gasteiger partial charge in [0.15, 0.2) is 0 Å². The van der Waals surface area contributed by atoms with Crippen LogP contribution in [0.5, 0.6) is 0 Å². The van der Waals surface area contributed by atoms with Gasteiger partial charge in [-0.25, -0.2) is 0 Å². The third-order valence-electron chi connectivity index (χ3n) is 3.97. The number of carbonyl (C=O) groups excluding carboxylic acids is 1. The van der Waals surface area contributed by atoms with Crippen molar-refractivity contribution in [2.24, 2.45) is 10.8 Å². The van der Waals surface area contributed by atoms with Crippen molar-refractivity contribution in [3.8, 4) is 0 Å². The second kappa shape index (κ2) is 3.46. The van der Waals surface area contributed by atoms with E-state index < -0.39 is 0 Å². The lowest BCUT2D eigenvalue weighted by Crippen LogP contribution is -2.65. The molecule has 0 aromatic rings. The Morgan fingerprint density at radius 1 is 1.31 bits per heavy atom. The van der Waals surface area contributed by atoms with Gasteiger partial charge < -0.3 is 10.1 Å². The van der Waals surface area contributed by atoms with Crippen LogP contribution in [0.3, 0.4) is 0 Å². The van der Waals surface area contributed by atoms with Crippen molar-refractivity contribution in [2.45, 2.75) is 52.6 Å². The van der Waals surface area contributed by atoms with Gasteiger partial charge in [-0.05, 0) is 45.4 Å². The highest BCUT2D eigenvalue weighted by Gasteiger charge is 2.61. The van der Waals surface area contributed by atoms with Gasteiger partial charge in [-0.3, -0.25) is 4.79 Å². The highest BCUT2D eigenvalue weighted by atomic mass is 16.6. The molecule has 92 valence electrons. The van der Waals surface area contributed by atoms with E-state index in [1.807, 2.05) is 20.8 Å². The van der Waals surface area contributed by atoms with Crippen molar-refractivity contribution in [3.63, 3.8) is 0 Å². The number of ether oxygens (including phenoxy) is 1. The van der Waals surface area contributed by atoms with Crippen molar-refractivity contribution < 1.29 is 9.53 Å². The van der Waals surface area contributed by atoms with E-state index in [1.54, 1.807) is 0 Å². The standard InChI is InChI=1S/C13H23NO2/c1-5-12-6-13(7-12,9-14-8-12)10(15)16-11(2,3)4/h14H,5-9H2,1-4H3. The monoisotopic (exact) mass is 225 g/mol. The van der Waals surface area contributed by atoms with E-state index in [0.717, 1.165) is 32.4 Å². The first-order valence-electron chi connectivity index (χ1n) is 6.25. The predicted octanol–water partition coefficient (Wildman–Crippen LogP) is 2.11. The van der Waals surface area contributed by atoms with E-state index in [1.165, 1.54) is 0 Å². The summed E-state index contributed by atoms with van der Waals surface area (Å²) in [6.45, 7) is 9.88. The van der Waals surface area contributed by atoms with E-state index in [0.29, 0.717) is 5.41 Å². The van der Waals surface area contributed by atoms with E-state index in [4.69, 9.17) is 4.74 Å². The van der Waals surface area contributed by atoms with Crippen molar-refractivity contribution in [1.29, 1.82) is 0 Å². The summed E-state index contributed by atoms with van der Waals surface area (Å²) in [6, 6.07) is 0. The molecule has 3 nitrogen and oxygen atoms in total. The maximum Gasteiger partial charge on any atom is 0.313 e. The molecule has 2 saturated heterocycles. The average molecular weight is 225 g/mol. The first kappa shape index (κ1) is 11.9. The zero-order valence-electron chi connectivity index (χ0n) is 10.9. The van der Waals surface area contributed by atoms with Crippen molar-refractivity contribution >= 4 is 5.97 Å². The number of nitrogens with one attached hydrogen (secondary N) is 1. The fourth-order valence-electron chi connectivity index (χ4n) is 3.18. The molecular formula is C13H23NO2. The van der Waals surface area contributed by atoms with Gasteiger partial charge in [-0.1, -0.05) is 6.92 Å². The number of carbonyl (C=O) groups is 1. The minimum absolute atomic E-state index is 0.00345. The molecule has 3 heteroatoms. The van der Waals surface area contributed by atoms with E-state index in [9.17, 15) is 4.79 Å². The summed E-state index contributed by atoms with van der Waals surface area (Å²) in [7, 11) is 0. The minimum atomic E-state index is -0.367. The Balaban J connectivity index is 2.03. The number of hydrogen-bond donors (Lipinski definition) is 1. The largest absolute Gasteiger partial charge is 0.460 e. The maximum absolute atomic E-state index is 12.2. The van der Waals surface area contributed by atoms with Gasteiger partial charge in [-0.2, -0.15) is 0 Å². The van der Waals surface area contributed by atoms with Crippen molar-refractivity contribution in [2.75, 3.05) is 13.1 Å². The summed E-state index contributed by atoms with van der Waals surface area (Å²) in [5.41, 5.74) is -0.218. The Labute approximate surface area is 97.9 Å². The van der Waals surface area contributed by atoms with Gasteiger partial charge in [-0.15, -0.1) is 0 Å². The Morgan fingerprint density at radius 2 is 1.94 bits per heavy atom. The smallest absolute Gasteiger partial charge is 0.313 e. The number of fused-ring (bicyclic) bond motifs is 2. The summed E-state index contributed by atoms with van der Waals surface area (Å²) in [5, 5.41) is 3.38. The normalized spacial score (nSPS) is 37.8. The Bertz CT molecular complexity index is 298. The molecule has 3 fully saturated rings. The van der Waals surface area contributed by atoms with Crippen LogP contribution in [0.25, 0.3) is 0 Å². The molecule has 2 bridgehead atoms. The molecular weight excluding hydrogens is 202 g/mol. The molecule has 2 heterocycles. The molecule has 0 atom stereocenters. The van der Waals surface area contributed by atoms with Crippen LogP contribution >= 0.6 is 0 Å². The fraction of sp³-hybridized carbons (Fsp3) is 0.923. The summed E-state index contributed by atoms with van der Waals surface area (Å²) in [4.78, 5) is 12.2. The minimum Gasteiger partial charge on any atom is -0.460 e. The van der Waals surface area contributed by atoms with Gasteiger partial charge >= 0.3 is 5.97 Å². The van der Waals surface area contributed by atoms with Gasteiger partial charge in [0.25, 0.3) is 0 Å². The number of esters is 1. The number of hydrogen-bond acceptors (Lipinski definition) is 3.